The van der Waals surface area contributed by atoms with E-state index >= 15 is 0 Å². The second kappa shape index (κ2) is 6.60. The fraction of sp³-hybridized carbons (Fsp3) is 0.333. The zero-order chi connectivity index (χ0) is 16.3. The summed E-state index contributed by atoms with van der Waals surface area (Å²) in [5.41, 5.74) is 2.95. The second-order valence-corrected chi connectivity index (χ2v) is 5.18. The number of aryl methyl sites for hydroxylation is 2. The number of phenolic OH excluding ortho intramolecular Hbond substituents is 2. The normalized spacial score (nSPS) is 10.5. The molecule has 2 aromatic carbocycles. The molecular formula is C18H22O4. The molecule has 0 radical (unpaired) electrons. The lowest BCUT2D eigenvalue weighted by Crippen LogP contribution is -1.96. The smallest absolute Gasteiger partial charge is 0.165 e. The van der Waals surface area contributed by atoms with Gasteiger partial charge in [0.25, 0.3) is 0 Å². The first-order chi connectivity index (χ1) is 10.5. The van der Waals surface area contributed by atoms with Crippen molar-refractivity contribution in [3.8, 4) is 34.1 Å². The maximum Gasteiger partial charge on any atom is 0.165 e. The number of hydrogen-bond acceptors (Lipinski definition) is 4. The average Bonchev–Trinajstić information content (AvgIpc) is 2.46. The Morgan fingerprint density at radius 1 is 0.727 bits per heavy atom. The molecule has 2 rings (SSSR count). The number of rotatable bonds is 5. The van der Waals surface area contributed by atoms with E-state index in [1.54, 1.807) is 12.1 Å². The van der Waals surface area contributed by atoms with Crippen molar-refractivity contribution in [2.75, 3.05) is 13.2 Å². The van der Waals surface area contributed by atoms with Gasteiger partial charge >= 0.3 is 0 Å². The highest BCUT2D eigenvalue weighted by molar-refractivity contribution is 5.81. The van der Waals surface area contributed by atoms with Crippen LogP contribution in [0.3, 0.4) is 0 Å². The van der Waals surface area contributed by atoms with E-state index in [2.05, 4.69) is 0 Å². The second-order valence-electron chi connectivity index (χ2n) is 5.18. The van der Waals surface area contributed by atoms with E-state index in [1.165, 1.54) is 0 Å². The summed E-state index contributed by atoms with van der Waals surface area (Å²) in [6.07, 6.45) is 0. The van der Waals surface area contributed by atoms with Gasteiger partial charge < -0.3 is 19.7 Å². The molecule has 0 heterocycles. The van der Waals surface area contributed by atoms with E-state index in [9.17, 15) is 10.2 Å². The predicted molar refractivity (Wildman–Crippen MR) is 87.0 cm³/mol. The number of benzene rings is 2. The number of ether oxygens (including phenoxy) is 2. The van der Waals surface area contributed by atoms with E-state index in [1.807, 2.05) is 39.8 Å². The van der Waals surface area contributed by atoms with Crippen LogP contribution in [0.1, 0.15) is 25.0 Å². The van der Waals surface area contributed by atoms with Crippen molar-refractivity contribution in [3.63, 3.8) is 0 Å². The van der Waals surface area contributed by atoms with Crippen LogP contribution in [0.25, 0.3) is 11.1 Å². The van der Waals surface area contributed by atoms with Gasteiger partial charge in [0.2, 0.25) is 0 Å². The molecule has 2 aromatic rings. The van der Waals surface area contributed by atoms with Crippen LogP contribution in [0.4, 0.5) is 0 Å². The van der Waals surface area contributed by atoms with Crippen LogP contribution in [0, 0.1) is 13.8 Å². The van der Waals surface area contributed by atoms with E-state index in [0.29, 0.717) is 35.8 Å². The maximum atomic E-state index is 10.5. The molecule has 0 aliphatic carbocycles. The van der Waals surface area contributed by atoms with E-state index < -0.39 is 0 Å². The summed E-state index contributed by atoms with van der Waals surface area (Å²) >= 11 is 0. The van der Waals surface area contributed by atoms with Crippen molar-refractivity contribution in [2.24, 2.45) is 0 Å². The van der Waals surface area contributed by atoms with Gasteiger partial charge in [-0.05, 0) is 63.1 Å². The Hall–Kier alpha value is -2.36. The molecule has 4 heteroatoms. The van der Waals surface area contributed by atoms with Crippen LogP contribution in [0.5, 0.6) is 23.0 Å². The highest BCUT2D eigenvalue weighted by Gasteiger charge is 2.18. The van der Waals surface area contributed by atoms with Crippen molar-refractivity contribution < 1.29 is 19.7 Å². The average molecular weight is 302 g/mol. The third-order valence-electron chi connectivity index (χ3n) is 3.33. The summed E-state index contributed by atoms with van der Waals surface area (Å²) in [6.45, 7) is 8.47. The fourth-order valence-corrected chi connectivity index (χ4v) is 2.43. The van der Waals surface area contributed by atoms with Gasteiger partial charge in [-0.25, -0.2) is 0 Å². The molecule has 0 aliphatic rings. The molecule has 0 aliphatic heterocycles. The summed E-state index contributed by atoms with van der Waals surface area (Å²) in [7, 11) is 0. The molecule has 0 atom stereocenters. The van der Waals surface area contributed by atoms with E-state index in [4.69, 9.17) is 9.47 Å². The van der Waals surface area contributed by atoms with Crippen molar-refractivity contribution in [3.05, 3.63) is 35.4 Å². The first-order valence-electron chi connectivity index (χ1n) is 7.41. The van der Waals surface area contributed by atoms with Crippen LogP contribution in [-0.4, -0.2) is 23.4 Å². The van der Waals surface area contributed by atoms with Gasteiger partial charge in [0.05, 0.1) is 13.2 Å². The quantitative estimate of drug-likeness (QED) is 0.870. The molecule has 0 spiro atoms. The monoisotopic (exact) mass is 302 g/mol. The number of aromatic hydroxyl groups is 2. The lowest BCUT2D eigenvalue weighted by Gasteiger charge is -2.15. The molecule has 22 heavy (non-hydrogen) atoms. The van der Waals surface area contributed by atoms with Crippen LogP contribution >= 0.6 is 0 Å². The number of hydrogen-bond donors (Lipinski definition) is 2. The van der Waals surface area contributed by atoms with Gasteiger partial charge in [-0.15, -0.1) is 0 Å². The SMILES string of the molecule is CCOc1cc(C)cc(-c2cc(C)cc(OCC)c2O)c1O. The molecule has 0 aromatic heterocycles. The predicted octanol–water partition coefficient (Wildman–Crippen LogP) is 4.18. The van der Waals surface area contributed by atoms with Crippen molar-refractivity contribution in [2.45, 2.75) is 27.7 Å². The Morgan fingerprint density at radius 2 is 1.09 bits per heavy atom. The Labute approximate surface area is 130 Å². The first kappa shape index (κ1) is 16.0. The summed E-state index contributed by atoms with van der Waals surface area (Å²) < 4.78 is 10.9. The van der Waals surface area contributed by atoms with Gasteiger partial charge in [0.15, 0.2) is 23.0 Å². The van der Waals surface area contributed by atoms with Gasteiger partial charge in [-0.1, -0.05) is 0 Å². The van der Waals surface area contributed by atoms with E-state index in [0.717, 1.165) is 11.1 Å². The number of phenols is 2. The molecule has 4 nitrogen and oxygen atoms in total. The molecular weight excluding hydrogens is 280 g/mol. The minimum atomic E-state index is 0.0239. The van der Waals surface area contributed by atoms with Gasteiger partial charge in [0, 0.05) is 11.1 Å². The molecule has 0 saturated heterocycles. The molecule has 0 bridgehead atoms. The van der Waals surface area contributed by atoms with Crippen LogP contribution in [0.15, 0.2) is 24.3 Å². The Morgan fingerprint density at radius 3 is 1.41 bits per heavy atom. The lowest BCUT2D eigenvalue weighted by atomic mass is 9.98. The Kier molecular flexibility index (Phi) is 4.81. The lowest BCUT2D eigenvalue weighted by molar-refractivity contribution is 0.316. The Bertz CT molecular complexity index is 618. The van der Waals surface area contributed by atoms with Gasteiger partial charge in [0.1, 0.15) is 0 Å². The standard InChI is InChI=1S/C18H22O4/c1-5-21-15-9-11(3)7-13(17(15)19)14-8-12(4)10-16(18(14)20)22-6-2/h7-10,19-20H,5-6H2,1-4H3. The maximum absolute atomic E-state index is 10.5. The van der Waals surface area contributed by atoms with Crippen molar-refractivity contribution >= 4 is 0 Å². The minimum absolute atomic E-state index is 0.0239. The largest absolute Gasteiger partial charge is 0.504 e. The van der Waals surface area contributed by atoms with Gasteiger partial charge in [-0.2, -0.15) is 0 Å². The van der Waals surface area contributed by atoms with Gasteiger partial charge in [-0.3, -0.25) is 0 Å². The molecule has 118 valence electrons. The third-order valence-corrected chi connectivity index (χ3v) is 3.33. The molecule has 0 saturated carbocycles. The first-order valence-corrected chi connectivity index (χ1v) is 7.41. The highest BCUT2D eigenvalue weighted by atomic mass is 16.5. The summed E-state index contributed by atoms with van der Waals surface area (Å²) in [5, 5.41) is 20.9. The fourth-order valence-electron chi connectivity index (χ4n) is 2.43. The summed E-state index contributed by atoms with van der Waals surface area (Å²) in [6, 6.07) is 7.20. The molecule has 0 amide bonds. The summed E-state index contributed by atoms with van der Waals surface area (Å²) in [5.74, 6) is 0.874. The van der Waals surface area contributed by atoms with Crippen LogP contribution < -0.4 is 9.47 Å². The molecule has 0 fully saturated rings. The van der Waals surface area contributed by atoms with Crippen LogP contribution in [0.2, 0.25) is 0 Å². The highest BCUT2D eigenvalue weighted by Crippen LogP contribution is 2.45. The van der Waals surface area contributed by atoms with Crippen LogP contribution in [-0.2, 0) is 0 Å². The zero-order valence-corrected chi connectivity index (χ0v) is 13.4. The van der Waals surface area contributed by atoms with E-state index in [-0.39, 0.29) is 11.5 Å². The minimum Gasteiger partial charge on any atom is -0.504 e. The van der Waals surface area contributed by atoms with Crippen molar-refractivity contribution in [1.82, 2.24) is 0 Å². The third kappa shape index (κ3) is 3.11. The van der Waals surface area contributed by atoms with Crippen molar-refractivity contribution in [1.29, 1.82) is 0 Å². The molecule has 0 unspecified atom stereocenters. The molecule has 2 N–H and O–H groups in total. The Balaban J connectivity index is 2.66. The summed E-state index contributed by atoms with van der Waals surface area (Å²) in [4.78, 5) is 0. The topological polar surface area (TPSA) is 58.9 Å². The zero-order valence-electron chi connectivity index (χ0n) is 13.4.